The van der Waals surface area contributed by atoms with Crippen LogP contribution < -0.4 is 10.6 Å². The van der Waals surface area contributed by atoms with Gasteiger partial charge in [0, 0.05) is 13.1 Å². The molecule has 0 saturated carbocycles. The van der Waals surface area contributed by atoms with Crippen LogP contribution in [0.3, 0.4) is 0 Å². The highest BCUT2D eigenvalue weighted by Gasteiger charge is 2.27. The van der Waals surface area contributed by atoms with Gasteiger partial charge >= 0.3 is 0 Å². The summed E-state index contributed by atoms with van der Waals surface area (Å²) in [4.78, 5) is 0. The third-order valence-electron chi connectivity index (χ3n) is 2.22. The Hall–Kier alpha value is -0.360. The third-order valence-corrected chi connectivity index (χ3v) is 4.34. The molecule has 0 amide bonds. The van der Waals surface area contributed by atoms with Crippen molar-refractivity contribution in [3.05, 3.63) is 0 Å². The third kappa shape index (κ3) is 3.79. The van der Waals surface area contributed by atoms with Crippen LogP contribution in [0.15, 0.2) is 0 Å². The number of thiocarbonyl (C=S) groups is 1. The maximum absolute atomic E-state index is 11.1. The van der Waals surface area contributed by atoms with Crippen LogP contribution in [-0.2, 0) is 9.84 Å². The Labute approximate surface area is 90.4 Å². The summed E-state index contributed by atoms with van der Waals surface area (Å²) in [6, 6.07) is 0. The molecule has 0 aliphatic carbocycles. The number of sulfone groups is 1. The van der Waals surface area contributed by atoms with E-state index in [-0.39, 0.29) is 5.92 Å². The SMILES string of the molecule is CCNC(=S)NCC1CCS(=O)(=O)C1. The average Bonchev–Trinajstić information content (AvgIpc) is 2.43. The summed E-state index contributed by atoms with van der Waals surface area (Å²) in [6.45, 7) is 3.41. The fraction of sp³-hybridized carbons (Fsp3) is 0.875. The molecule has 82 valence electrons. The molecular formula is C8H16N2O2S2. The Morgan fingerprint density at radius 3 is 2.71 bits per heavy atom. The Balaban J connectivity index is 2.24. The van der Waals surface area contributed by atoms with Crippen molar-refractivity contribution >= 4 is 27.2 Å². The van der Waals surface area contributed by atoms with Crippen molar-refractivity contribution in [1.82, 2.24) is 10.6 Å². The lowest BCUT2D eigenvalue weighted by Gasteiger charge is -2.11. The van der Waals surface area contributed by atoms with Gasteiger partial charge in [0.1, 0.15) is 0 Å². The lowest BCUT2D eigenvalue weighted by Crippen LogP contribution is -2.38. The van der Waals surface area contributed by atoms with Gasteiger partial charge in [0.2, 0.25) is 0 Å². The quantitative estimate of drug-likeness (QED) is 0.671. The van der Waals surface area contributed by atoms with Gasteiger partial charge in [-0.3, -0.25) is 0 Å². The van der Waals surface area contributed by atoms with Gasteiger partial charge in [-0.25, -0.2) is 8.42 Å². The van der Waals surface area contributed by atoms with Crippen LogP contribution in [0.2, 0.25) is 0 Å². The summed E-state index contributed by atoms with van der Waals surface area (Å²) in [5, 5.41) is 6.59. The van der Waals surface area contributed by atoms with E-state index in [9.17, 15) is 8.42 Å². The largest absolute Gasteiger partial charge is 0.363 e. The monoisotopic (exact) mass is 236 g/mol. The van der Waals surface area contributed by atoms with Crippen LogP contribution in [0.1, 0.15) is 13.3 Å². The molecule has 14 heavy (non-hydrogen) atoms. The van der Waals surface area contributed by atoms with Crippen LogP contribution in [0, 0.1) is 5.92 Å². The molecule has 1 rings (SSSR count). The van der Waals surface area contributed by atoms with Gasteiger partial charge in [-0.1, -0.05) is 0 Å². The smallest absolute Gasteiger partial charge is 0.166 e. The molecule has 0 spiro atoms. The second-order valence-electron chi connectivity index (χ2n) is 3.51. The lowest BCUT2D eigenvalue weighted by molar-refractivity contribution is 0.570. The number of nitrogens with one attached hydrogen (secondary N) is 2. The van der Waals surface area contributed by atoms with Crippen LogP contribution >= 0.6 is 12.2 Å². The normalized spacial score (nSPS) is 24.5. The molecule has 1 aliphatic rings. The van der Waals surface area contributed by atoms with Gasteiger partial charge in [0.05, 0.1) is 11.5 Å². The minimum absolute atomic E-state index is 0.219. The van der Waals surface area contributed by atoms with E-state index in [1.807, 2.05) is 6.92 Å². The van der Waals surface area contributed by atoms with Gasteiger partial charge < -0.3 is 10.6 Å². The summed E-state index contributed by atoms with van der Waals surface area (Å²) in [5.41, 5.74) is 0. The van der Waals surface area contributed by atoms with E-state index < -0.39 is 9.84 Å². The zero-order valence-electron chi connectivity index (χ0n) is 8.25. The Morgan fingerprint density at radius 2 is 2.21 bits per heavy atom. The predicted molar refractivity (Wildman–Crippen MR) is 61.0 cm³/mol. The fourth-order valence-corrected chi connectivity index (χ4v) is 3.58. The summed E-state index contributed by atoms with van der Waals surface area (Å²) in [7, 11) is -2.76. The van der Waals surface area contributed by atoms with Gasteiger partial charge in [-0.05, 0) is 31.5 Å². The predicted octanol–water partition coefficient (Wildman–Crippen LogP) is -0.0949. The number of hydrogen-bond acceptors (Lipinski definition) is 3. The molecule has 0 aromatic carbocycles. The Bertz CT molecular complexity index is 300. The molecule has 1 unspecified atom stereocenters. The molecule has 1 fully saturated rings. The first kappa shape index (κ1) is 11.7. The molecule has 0 bridgehead atoms. The molecule has 4 nitrogen and oxygen atoms in total. The summed E-state index contributed by atoms with van der Waals surface area (Å²) < 4.78 is 22.3. The maximum Gasteiger partial charge on any atom is 0.166 e. The van der Waals surface area contributed by atoms with Crippen molar-refractivity contribution < 1.29 is 8.42 Å². The molecule has 0 aromatic heterocycles. The van der Waals surface area contributed by atoms with Crippen LogP contribution in [0.25, 0.3) is 0 Å². The number of rotatable bonds is 3. The average molecular weight is 236 g/mol. The first-order valence-corrected chi connectivity index (χ1v) is 6.98. The molecule has 0 radical (unpaired) electrons. The summed E-state index contributed by atoms with van der Waals surface area (Å²) >= 11 is 4.97. The van der Waals surface area contributed by atoms with Crippen LogP contribution in [-0.4, -0.2) is 38.1 Å². The molecule has 1 atom stereocenters. The minimum Gasteiger partial charge on any atom is -0.363 e. The van der Waals surface area contributed by atoms with Crippen LogP contribution in [0.5, 0.6) is 0 Å². The molecular weight excluding hydrogens is 220 g/mol. The van der Waals surface area contributed by atoms with E-state index in [0.29, 0.717) is 23.2 Å². The van der Waals surface area contributed by atoms with Crippen molar-refractivity contribution in [1.29, 1.82) is 0 Å². The van der Waals surface area contributed by atoms with Gasteiger partial charge in [-0.2, -0.15) is 0 Å². The van der Waals surface area contributed by atoms with E-state index in [1.54, 1.807) is 0 Å². The van der Waals surface area contributed by atoms with Crippen molar-refractivity contribution in [2.45, 2.75) is 13.3 Å². The maximum atomic E-state index is 11.1. The van der Waals surface area contributed by atoms with Gasteiger partial charge in [0.15, 0.2) is 14.9 Å². The fourth-order valence-electron chi connectivity index (χ4n) is 1.49. The molecule has 6 heteroatoms. The zero-order valence-corrected chi connectivity index (χ0v) is 9.88. The standard InChI is InChI=1S/C8H16N2O2S2/c1-2-9-8(13)10-5-7-3-4-14(11,12)6-7/h7H,2-6H2,1H3,(H2,9,10,13). The Kier molecular flexibility index (Phi) is 4.12. The molecule has 1 heterocycles. The first-order chi connectivity index (χ1) is 6.53. The molecule has 1 saturated heterocycles. The van der Waals surface area contributed by atoms with E-state index >= 15 is 0 Å². The molecule has 1 aliphatic heterocycles. The van der Waals surface area contributed by atoms with Crippen molar-refractivity contribution in [2.24, 2.45) is 5.92 Å². The highest BCUT2D eigenvalue weighted by molar-refractivity contribution is 7.91. The number of hydrogen-bond donors (Lipinski definition) is 2. The molecule has 0 aromatic rings. The van der Waals surface area contributed by atoms with Crippen molar-refractivity contribution in [3.63, 3.8) is 0 Å². The minimum atomic E-state index is -2.76. The topological polar surface area (TPSA) is 58.2 Å². The highest BCUT2D eigenvalue weighted by atomic mass is 32.2. The summed E-state index contributed by atoms with van der Waals surface area (Å²) in [6.07, 6.45) is 0.754. The second-order valence-corrected chi connectivity index (χ2v) is 6.15. The van der Waals surface area contributed by atoms with E-state index in [4.69, 9.17) is 12.2 Å². The Morgan fingerprint density at radius 1 is 1.50 bits per heavy atom. The second kappa shape index (κ2) is 4.93. The van der Waals surface area contributed by atoms with E-state index in [1.165, 1.54) is 0 Å². The first-order valence-electron chi connectivity index (χ1n) is 4.75. The highest BCUT2D eigenvalue weighted by Crippen LogP contribution is 2.17. The van der Waals surface area contributed by atoms with Crippen molar-refractivity contribution in [2.75, 3.05) is 24.6 Å². The van der Waals surface area contributed by atoms with Gasteiger partial charge in [-0.15, -0.1) is 0 Å². The summed E-state index contributed by atoms with van der Waals surface area (Å²) in [5.74, 6) is 0.846. The van der Waals surface area contributed by atoms with Crippen molar-refractivity contribution in [3.8, 4) is 0 Å². The van der Waals surface area contributed by atoms with E-state index in [2.05, 4.69) is 10.6 Å². The lowest BCUT2D eigenvalue weighted by atomic mass is 10.1. The van der Waals surface area contributed by atoms with Gasteiger partial charge in [0.25, 0.3) is 0 Å². The van der Waals surface area contributed by atoms with E-state index in [0.717, 1.165) is 13.0 Å². The zero-order chi connectivity index (χ0) is 10.6. The molecule has 2 N–H and O–H groups in total. The van der Waals surface area contributed by atoms with Crippen LogP contribution in [0.4, 0.5) is 0 Å².